The van der Waals surface area contributed by atoms with Crippen molar-refractivity contribution < 1.29 is 14.7 Å². The molecule has 0 bridgehead atoms. The zero-order valence-corrected chi connectivity index (χ0v) is 10.4. The van der Waals surface area contributed by atoms with Gasteiger partial charge in [0, 0.05) is 18.7 Å². The van der Waals surface area contributed by atoms with Crippen molar-refractivity contribution in [2.75, 3.05) is 13.1 Å². The molecular weight excluding hydrogens is 244 g/mol. The van der Waals surface area contributed by atoms with Crippen LogP contribution in [0.1, 0.15) is 22.3 Å². The monoisotopic (exact) mass is 258 g/mol. The van der Waals surface area contributed by atoms with Gasteiger partial charge in [-0.1, -0.05) is 12.1 Å². The minimum absolute atomic E-state index is 0.163. The van der Waals surface area contributed by atoms with Crippen LogP contribution in [-0.2, 0) is 11.2 Å². The molecule has 0 spiro atoms. The van der Waals surface area contributed by atoms with Crippen molar-refractivity contribution in [1.82, 2.24) is 4.90 Å². The highest BCUT2D eigenvalue weighted by molar-refractivity contribution is 5.95. The van der Waals surface area contributed by atoms with Crippen molar-refractivity contribution >= 4 is 11.9 Å². The largest absolute Gasteiger partial charge is 0.481 e. The Labute approximate surface area is 111 Å². The van der Waals surface area contributed by atoms with E-state index in [9.17, 15) is 9.59 Å². The van der Waals surface area contributed by atoms with Crippen LogP contribution in [0, 0.1) is 17.2 Å². The Hall–Kier alpha value is -2.35. The SMILES string of the molecule is N#CCc1cccc(C(=O)N2CCC(C(=O)O)C2)c1. The van der Waals surface area contributed by atoms with E-state index in [0.29, 0.717) is 18.5 Å². The van der Waals surface area contributed by atoms with Gasteiger partial charge in [-0.3, -0.25) is 9.59 Å². The second kappa shape index (κ2) is 5.53. The van der Waals surface area contributed by atoms with Crippen LogP contribution in [0.4, 0.5) is 0 Å². The van der Waals surface area contributed by atoms with Crippen LogP contribution in [0.5, 0.6) is 0 Å². The summed E-state index contributed by atoms with van der Waals surface area (Å²) in [5, 5.41) is 17.6. The molecule has 19 heavy (non-hydrogen) atoms. The number of carbonyl (C=O) groups excluding carboxylic acids is 1. The first kappa shape index (κ1) is 13.1. The molecule has 1 heterocycles. The van der Waals surface area contributed by atoms with Crippen molar-refractivity contribution in [2.45, 2.75) is 12.8 Å². The molecule has 0 saturated carbocycles. The molecule has 98 valence electrons. The molecule has 1 unspecified atom stereocenters. The number of carboxylic acids is 1. The number of hydrogen-bond donors (Lipinski definition) is 1. The number of carbonyl (C=O) groups is 2. The first-order valence-corrected chi connectivity index (χ1v) is 6.10. The van der Waals surface area contributed by atoms with Gasteiger partial charge in [0.1, 0.15) is 0 Å². The summed E-state index contributed by atoms with van der Waals surface area (Å²) >= 11 is 0. The minimum Gasteiger partial charge on any atom is -0.481 e. The van der Waals surface area contributed by atoms with Crippen LogP contribution in [0.15, 0.2) is 24.3 Å². The summed E-state index contributed by atoms with van der Waals surface area (Å²) < 4.78 is 0. The third-order valence-electron chi connectivity index (χ3n) is 3.28. The second-order valence-electron chi connectivity index (χ2n) is 4.61. The van der Waals surface area contributed by atoms with Gasteiger partial charge in [-0.15, -0.1) is 0 Å². The number of amides is 1. The lowest BCUT2D eigenvalue weighted by atomic mass is 10.1. The van der Waals surface area contributed by atoms with E-state index < -0.39 is 11.9 Å². The van der Waals surface area contributed by atoms with E-state index >= 15 is 0 Å². The maximum atomic E-state index is 12.2. The van der Waals surface area contributed by atoms with Gasteiger partial charge < -0.3 is 10.0 Å². The molecule has 1 saturated heterocycles. The van der Waals surface area contributed by atoms with E-state index in [1.54, 1.807) is 29.2 Å². The molecule has 1 aromatic rings. The van der Waals surface area contributed by atoms with E-state index in [1.807, 2.05) is 6.07 Å². The number of nitriles is 1. The molecular formula is C14H14N2O3. The fourth-order valence-corrected chi connectivity index (χ4v) is 2.23. The average molecular weight is 258 g/mol. The lowest BCUT2D eigenvalue weighted by Gasteiger charge is -2.16. The lowest BCUT2D eigenvalue weighted by molar-refractivity contribution is -0.141. The number of hydrogen-bond acceptors (Lipinski definition) is 3. The summed E-state index contributed by atoms with van der Waals surface area (Å²) in [6, 6.07) is 8.96. The van der Waals surface area contributed by atoms with Gasteiger partial charge in [0.15, 0.2) is 0 Å². The Balaban J connectivity index is 2.10. The van der Waals surface area contributed by atoms with Crippen LogP contribution in [-0.4, -0.2) is 35.0 Å². The predicted octanol–water partition coefficient (Wildman–Crippen LogP) is 1.30. The van der Waals surface area contributed by atoms with Gasteiger partial charge in [-0.05, 0) is 24.1 Å². The zero-order chi connectivity index (χ0) is 13.8. The van der Waals surface area contributed by atoms with Gasteiger partial charge in [0.2, 0.25) is 0 Å². The quantitative estimate of drug-likeness (QED) is 0.886. The Morgan fingerprint density at radius 3 is 2.89 bits per heavy atom. The normalized spacial score (nSPS) is 18.1. The summed E-state index contributed by atoms with van der Waals surface area (Å²) in [5.41, 5.74) is 1.31. The van der Waals surface area contributed by atoms with E-state index in [1.165, 1.54) is 0 Å². The number of carboxylic acid groups (broad SMARTS) is 1. The first-order valence-electron chi connectivity index (χ1n) is 6.10. The van der Waals surface area contributed by atoms with Crippen molar-refractivity contribution in [3.8, 4) is 6.07 Å². The Morgan fingerprint density at radius 2 is 2.26 bits per heavy atom. The highest BCUT2D eigenvalue weighted by Gasteiger charge is 2.31. The molecule has 2 rings (SSSR count). The Kier molecular flexibility index (Phi) is 3.81. The number of likely N-dealkylation sites (tertiary alicyclic amines) is 1. The van der Waals surface area contributed by atoms with E-state index in [-0.39, 0.29) is 18.9 Å². The molecule has 1 aliphatic rings. The minimum atomic E-state index is -0.853. The summed E-state index contributed by atoms with van der Waals surface area (Å²) in [6.45, 7) is 0.731. The topological polar surface area (TPSA) is 81.4 Å². The van der Waals surface area contributed by atoms with Crippen LogP contribution in [0.25, 0.3) is 0 Å². The van der Waals surface area contributed by atoms with Gasteiger partial charge >= 0.3 is 5.97 Å². The number of benzene rings is 1. The third-order valence-corrected chi connectivity index (χ3v) is 3.28. The summed E-state index contributed by atoms with van der Waals surface area (Å²) in [6.07, 6.45) is 0.762. The molecule has 1 fully saturated rings. The Bertz CT molecular complexity index is 548. The molecule has 1 aromatic carbocycles. The average Bonchev–Trinajstić information content (AvgIpc) is 2.88. The molecule has 1 N–H and O–H groups in total. The van der Waals surface area contributed by atoms with Gasteiger partial charge in [-0.25, -0.2) is 0 Å². The van der Waals surface area contributed by atoms with Crippen LogP contribution in [0.2, 0.25) is 0 Å². The highest BCUT2D eigenvalue weighted by Crippen LogP contribution is 2.19. The zero-order valence-electron chi connectivity index (χ0n) is 10.4. The van der Waals surface area contributed by atoms with Gasteiger partial charge in [-0.2, -0.15) is 5.26 Å². The number of rotatable bonds is 3. The van der Waals surface area contributed by atoms with Crippen LogP contribution in [0.3, 0.4) is 0 Å². The fourth-order valence-electron chi connectivity index (χ4n) is 2.23. The third kappa shape index (κ3) is 2.91. The van der Waals surface area contributed by atoms with Crippen molar-refractivity contribution in [2.24, 2.45) is 5.92 Å². The Morgan fingerprint density at radius 1 is 1.47 bits per heavy atom. The van der Waals surface area contributed by atoms with Gasteiger partial charge in [0.25, 0.3) is 5.91 Å². The predicted molar refractivity (Wildman–Crippen MR) is 67.4 cm³/mol. The fraction of sp³-hybridized carbons (Fsp3) is 0.357. The maximum absolute atomic E-state index is 12.2. The number of aliphatic carboxylic acids is 1. The van der Waals surface area contributed by atoms with Crippen LogP contribution >= 0.6 is 0 Å². The maximum Gasteiger partial charge on any atom is 0.308 e. The lowest BCUT2D eigenvalue weighted by Crippen LogP contribution is -2.29. The molecule has 0 radical (unpaired) electrons. The standard InChI is InChI=1S/C14H14N2O3/c15-6-4-10-2-1-3-11(8-10)13(17)16-7-5-12(9-16)14(18)19/h1-3,8,12H,4-5,7,9H2,(H,18,19). The molecule has 0 aliphatic carbocycles. The first-order chi connectivity index (χ1) is 9.11. The molecule has 5 heteroatoms. The summed E-state index contributed by atoms with van der Waals surface area (Å²) in [7, 11) is 0. The van der Waals surface area contributed by atoms with Crippen molar-refractivity contribution in [3.05, 3.63) is 35.4 Å². The van der Waals surface area contributed by atoms with Crippen molar-refractivity contribution in [1.29, 1.82) is 5.26 Å². The van der Waals surface area contributed by atoms with Crippen LogP contribution < -0.4 is 0 Å². The number of nitrogens with zero attached hydrogens (tertiary/aromatic N) is 2. The van der Waals surface area contributed by atoms with E-state index in [0.717, 1.165) is 5.56 Å². The molecule has 1 atom stereocenters. The highest BCUT2D eigenvalue weighted by atomic mass is 16.4. The molecule has 1 aliphatic heterocycles. The second-order valence-corrected chi connectivity index (χ2v) is 4.61. The summed E-state index contributed by atoms with van der Waals surface area (Å²) in [5.74, 6) is -1.48. The molecule has 0 aromatic heterocycles. The van der Waals surface area contributed by atoms with E-state index in [4.69, 9.17) is 10.4 Å². The van der Waals surface area contributed by atoms with Gasteiger partial charge in [0.05, 0.1) is 18.4 Å². The molecule has 5 nitrogen and oxygen atoms in total. The smallest absolute Gasteiger partial charge is 0.308 e. The van der Waals surface area contributed by atoms with E-state index in [2.05, 4.69) is 0 Å². The molecule has 1 amide bonds. The van der Waals surface area contributed by atoms with Crippen molar-refractivity contribution in [3.63, 3.8) is 0 Å². The summed E-state index contributed by atoms with van der Waals surface area (Å²) in [4.78, 5) is 24.7.